The van der Waals surface area contributed by atoms with Crippen molar-refractivity contribution in [3.05, 3.63) is 48.5 Å². The van der Waals surface area contributed by atoms with E-state index in [0.29, 0.717) is 0 Å². The van der Waals surface area contributed by atoms with E-state index in [1.165, 1.54) is 38.0 Å². The Morgan fingerprint density at radius 3 is 2.76 bits per heavy atom. The molecule has 21 heavy (non-hydrogen) atoms. The van der Waals surface area contributed by atoms with Crippen LogP contribution in [0.25, 0.3) is 17.1 Å². The second-order valence-electron chi connectivity index (χ2n) is 5.65. The molecule has 0 spiro atoms. The van der Waals surface area contributed by atoms with Crippen LogP contribution in [0.15, 0.2) is 47.2 Å². The van der Waals surface area contributed by atoms with Crippen molar-refractivity contribution in [3.63, 3.8) is 0 Å². The van der Waals surface area contributed by atoms with E-state index in [9.17, 15) is 0 Å². The smallest absolute Gasteiger partial charge is 0.154 e. The van der Waals surface area contributed by atoms with Gasteiger partial charge in [0.15, 0.2) is 5.76 Å². The van der Waals surface area contributed by atoms with E-state index in [1.54, 1.807) is 6.26 Å². The molecular weight excluding hydrogens is 262 g/mol. The van der Waals surface area contributed by atoms with Crippen LogP contribution in [-0.2, 0) is 6.54 Å². The third-order valence-corrected chi connectivity index (χ3v) is 4.21. The third kappa shape index (κ3) is 2.36. The maximum Gasteiger partial charge on any atom is 0.154 e. The number of furan rings is 1. The van der Waals surface area contributed by atoms with Crippen LogP contribution < -0.4 is 0 Å². The summed E-state index contributed by atoms with van der Waals surface area (Å²) in [4.78, 5) is 7.28. The minimum atomic E-state index is 0.853. The minimum absolute atomic E-state index is 0.853. The largest absolute Gasteiger partial charge is 0.463 e. The first kappa shape index (κ1) is 12.7. The van der Waals surface area contributed by atoms with Gasteiger partial charge in [-0.1, -0.05) is 12.5 Å². The van der Waals surface area contributed by atoms with Crippen molar-refractivity contribution in [2.24, 2.45) is 0 Å². The molecule has 0 aromatic carbocycles. The molecule has 4 heteroatoms. The number of rotatable bonds is 3. The predicted octanol–water partition coefficient (Wildman–Crippen LogP) is 3.58. The molecule has 0 amide bonds. The molecule has 1 fully saturated rings. The highest BCUT2D eigenvalue weighted by atomic mass is 16.3. The van der Waals surface area contributed by atoms with Crippen LogP contribution in [0, 0.1) is 0 Å². The van der Waals surface area contributed by atoms with Crippen LogP contribution in [0.5, 0.6) is 0 Å². The van der Waals surface area contributed by atoms with Crippen LogP contribution in [-0.4, -0.2) is 27.4 Å². The van der Waals surface area contributed by atoms with Gasteiger partial charge in [-0.25, -0.2) is 4.98 Å². The highest BCUT2D eigenvalue weighted by Gasteiger charge is 2.19. The van der Waals surface area contributed by atoms with E-state index in [2.05, 4.69) is 21.6 Å². The fourth-order valence-corrected chi connectivity index (χ4v) is 3.14. The molecule has 3 aromatic rings. The normalized spacial score (nSPS) is 16.6. The number of imidazole rings is 1. The summed E-state index contributed by atoms with van der Waals surface area (Å²) in [7, 11) is 0. The number of nitrogens with zero attached hydrogens (tertiary/aromatic N) is 3. The van der Waals surface area contributed by atoms with Crippen molar-refractivity contribution in [1.82, 2.24) is 14.3 Å². The zero-order valence-corrected chi connectivity index (χ0v) is 12.0. The van der Waals surface area contributed by atoms with Gasteiger partial charge < -0.3 is 8.82 Å². The summed E-state index contributed by atoms with van der Waals surface area (Å²) < 4.78 is 7.77. The average Bonchev–Trinajstić information content (AvgIpc) is 3.16. The molecule has 0 atom stereocenters. The van der Waals surface area contributed by atoms with Crippen molar-refractivity contribution >= 4 is 5.65 Å². The summed E-state index contributed by atoms with van der Waals surface area (Å²) in [5, 5.41) is 0. The van der Waals surface area contributed by atoms with Gasteiger partial charge >= 0.3 is 0 Å². The van der Waals surface area contributed by atoms with Gasteiger partial charge in [0.1, 0.15) is 11.3 Å². The van der Waals surface area contributed by atoms with E-state index < -0.39 is 0 Å². The van der Waals surface area contributed by atoms with E-state index in [-0.39, 0.29) is 0 Å². The van der Waals surface area contributed by atoms with Gasteiger partial charge in [0.2, 0.25) is 0 Å². The molecule has 0 aliphatic carbocycles. The topological polar surface area (TPSA) is 33.7 Å². The van der Waals surface area contributed by atoms with Gasteiger partial charge in [0.25, 0.3) is 0 Å². The fraction of sp³-hybridized carbons (Fsp3) is 0.353. The Balaban J connectivity index is 1.78. The zero-order chi connectivity index (χ0) is 14.1. The summed E-state index contributed by atoms with van der Waals surface area (Å²) in [5.41, 5.74) is 3.18. The highest BCUT2D eigenvalue weighted by Crippen LogP contribution is 2.26. The second kappa shape index (κ2) is 5.37. The quantitative estimate of drug-likeness (QED) is 0.736. The molecule has 1 saturated heterocycles. The lowest BCUT2D eigenvalue weighted by molar-refractivity contribution is 0.218. The molecule has 0 unspecified atom stereocenters. The molecule has 0 saturated carbocycles. The Morgan fingerprint density at radius 2 is 1.95 bits per heavy atom. The van der Waals surface area contributed by atoms with Crippen LogP contribution in [0.2, 0.25) is 0 Å². The molecule has 3 aromatic heterocycles. The molecule has 108 valence electrons. The predicted molar refractivity (Wildman–Crippen MR) is 82.0 cm³/mol. The summed E-state index contributed by atoms with van der Waals surface area (Å²) in [6.07, 6.45) is 7.76. The number of fused-ring (bicyclic) bond motifs is 1. The lowest BCUT2D eigenvalue weighted by Gasteiger charge is -2.26. The number of hydrogen-bond acceptors (Lipinski definition) is 3. The Morgan fingerprint density at radius 1 is 1.05 bits per heavy atom. The molecule has 1 aliphatic rings. The summed E-state index contributed by atoms with van der Waals surface area (Å²) >= 11 is 0. The first-order chi connectivity index (χ1) is 10.4. The van der Waals surface area contributed by atoms with Gasteiger partial charge in [0.05, 0.1) is 12.0 Å². The zero-order valence-electron chi connectivity index (χ0n) is 12.0. The summed E-state index contributed by atoms with van der Waals surface area (Å²) in [5.74, 6) is 0.853. The van der Waals surface area contributed by atoms with Crippen molar-refractivity contribution in [2.75, 3.05) is 13.1 Å². The lowest BCUT2D eigenvalue weighted by atomic mass is 10.1. The van der Waals surface area contributed by atoms with Crippen LogP contribution in [0.4, 0.5) is 0 Å². The molecule has 0 N–H and O–H groups in total. The summed E-state index contributed by atoms with van der Waals surface area (Å²) in [6.45, 7) is 3.29. The van der Waals surface area contributed by atoms with Crippen LogP contribution in [0.1, 0.15) is 25.0 Å². The van der Waals surface area contributed by atoms with Gasteiger partial charge in [0, 0.05) is 12.7 Å². The maximum absolute atomic E-state index is 5.58. The van der Waals surface area contributed by atoms with E-state index >= 15 is 0 Å². The maximum atomic E-state index is 5.58. The van der Waals surface area contributed by atoms with Gasteiger partial charge in [-0.2, -0.15) is 0 Å². The molecule has 4 heterocycles. The third-order valence-electron chi connectivity index (χ3n) is 4.21. The average molecular weight is 281 g/mol. The fourth-order valence-electron chi connectivity index (χ4n) is 3.14. The number of pyridine rings is 1. The first-order valence-electron chi connectivity index (χ1n) is 7.64. The Bertz CT molecular complexity index is 724. The molecular formula is C17H19N3O. The minimum Gasteiger partial charge on any atom is -0.463 e. The number of hydrogen-bond donors (Lipinski definition) is 0. The first-order valence-corrected chi connectivity index (χ1v) is 7.64. The standard InChI is InChI=1S/C17H19N3O/c1-3-9-19(10-4-1)13-14-17(15-7-6-12-21-15)18-16-8-2-5-11-20(14)16/h2,5-8,11-12H,1,3-4,9-10,13H2. The summed E-state index contributed by atoms with van der Waals surface area (Å²) in [6, 6.07) is 10.0. The molecule has 0 radical (unpaired) electrons. The van der Waals surface area contributed by atoms with E-state index in [0.717, 1.165) is 23.6 Å². The highest BCUT2D eigenvalue weighted by molar-refractivity contribution is 5.62. The van der Waals surface area contributed by atoms with Crippen molar-refractivity contribution in [3.8, 4) is 11.5 Å². The van der Waals surface area contributed by atoms with Crippen LogP contribution >= 0.6 is 0 Å². The van der Waals surface area contributed by atoms with Gasteiger partial charge in [-0.15, -0.1) is 0 Å². The second-order valence-corrected chi connectivity index (χ2v) is 5.65. The lowest BCUT2D eigenvalue weighted by Crippen LogP contribution is -2.29. The molecule has 0 bridgehead atoms. The van der Waals surface area contributed by atoms with E-state index in [1.807, 2.05) is 24.3 Å². The van der Waals surface area contributed by atoms with Crippen molar-refractivity contribution in [1.29, 1.82) is 0 Å². The Hall–Kier alpha value is -2.07. The number of likely N-dealkylation sites (tertiary alicyclic amines) is 1. The van der Waals surface area contributed by atoms with Crippen LogP contribution in [0.3, 0.4) is 0 Å². The molecule has 4 rings (SSSR count). The van der Waals surface area contributed by atoms with Crippen molar-refractivity contribution in [2.45, 2.75) is 25.8 Å². The Labute approximate surface area is 124 Å². The SMILES string of the molecule is c1coc(-c2nc3ccccn3c2CN2CCCCC2)c1. The van der Waals surface area contributed by atoms with Gasteiger partial charge in [-0.3, -0.25) is 4.90 Å². The molecule has 1 aliphatic heterocycles. The van der Waals surface area contributed by atoms with E-state index in [4.69, 9.17) is 9.40 Å². The number of piperidine rings is 1. The number of aromatic nitrogens is 2. The molecule has 4 nitrogen and oxygen atoms in total. The Kier molecular flexibility index (Phi) is 3.24. The monoisotopic (exact) mass is 281 g/mol. The van der Waals surface area contributed by atoms with Crippen molar-refractivity contribution < 1.29 is 4.42 Å². The van der Waals surface area contributed by atoms with Gasteiger partial charge in [-0.05, 0) is 50.2 Å².